The molecule has 1 aromatic rings. The summed E-state index contributed by atoms with van der Waals surface area (Å²) >= 11 is 0. The molecule has 3 N–H and O–H groups in total. The smallest absolute Gasteiger partial charge is 0.146 e. The quantitative estimate of drug-likeness (QED) is 0.579. The van der Waals surface area contributed by atoms with Crippen molar-refractivity contribution in [3.63, 3.8) is 0 Å². The van der Waals surface area contributed by atoms with Crippen molar-refractivity contribution in [1.29, 1.82) is 0 Å². The number of hydrogen-bond donors (Lipinski definition) is 2. The van der Waals surface area contributed by atoms with Crippen molar-refractivity contribution in [3.8, 4) is 0 Å². The van der Waals surface area contributed by atoms with Crippen molar-refractivity contribution >= 4 is 0 Å². The minimum absolute atomic E-state index is 0.136. The van der Waals surface area contributed by atoms with E-state index in [1.807, 2.05) is 0 Å². The Bertz CT molecular complexity index is 300. The maximum absolute atomic E-state index is 13.5. The first-order valence-electron chi connectivity index (χ1n) is 5.30. The van der Waals surface area contributed by atoms with Crippen molar-refractivity contribution in [2.45, 2.75) is 32.7 Å². The van der Waals surface area contributed by atoms with E-state index in [-0.39, 0.29) is 11.9 Å². The molecular weight excluding hydrogens is 193 g/mol. The Labute approximate surface area is 89.9 Å². The van der Waals surface area contributed by atoms with E-state index in [1.165, 1.54) is 6.20 Å². The molecule has 1 aromatic heterocycles. The molecule has 1 rings (SSSR count). The molecule has 0 spiro atoms. The van der Waals surface area contributed by atoms with Crippen molar-refractivity contribution in [2.75, 3.05) is 0 Å². The molecule has 0 aliphatic carbocycles. The topological polar surface area (TPSA) is 50.9 Å². The molecule has 0 bridgehead atoms. The van der Waals surface area contributed by atoms with Gasteiger partial charge in [0, 0.05) is 11.8 Å². The number of nitrogens with two attached hydrogens (primary N) is 1. The fourth-order valence-corrected chi connectivity index (χ4v) is 1.88. The number of halogens is 1. The molecular formula is C11H18FN3. The summed E-state index contributed by atoms with van der Waals surface area (Å²) in [6.45, 7) is 4.16. The number of rotatable bonds is 5. The van der Waals surface area contributed by atoms with Gasteiger partial charge in [0.05, 0.1) is 12.2 Å². The number of nitrogens with zero attached hydrogens (tertiary/aromatic N) is 1. The van der Waals surface area contributed by atoms with Gasteiger partial charge in [-0.05, 0) is 12.0 Å². The summed E-state index contributed by atoms with van der Waals surface area (Å²) in [5, 5.41) is 0. The fourth-order valence-electron chi connectivity index (χ4n) is 1.88. The second-order valence-corrected chi connectivity index (χ2v) is 3.62. The highest BCUT2D eigenvalue weighted by Gasteiger charge is 2.21. The van der Waals surface area contributed by atoms with Crippen LogP contribution in [-0.2, 0) is 0 Å². The van der Waals surface area contributed by atoms with E-state index in [0.717, 1.165) is 12.8 Å². The third-order valence-corrected chi connectivity index (χ3v) is 2.84. The Hall–Kier alpha value is -1.00. The molecule has 0 aliphatic heterocycles. The maximum atomic E-state index is 13.5. The molecule has 0 saturated heterocycles. The number of hydrogen-bond acceptors (Lipinski definition) is 3. The van der Waals surface area contributed by atoms with Crippen molar-refractivity contribution in [2.24, 2.45) is 11.8 Å². The molecule has 0 amide bonds. The van der Waals surface area contributed by atoms with Crippen LogP contribution < -0.4 is 11.3 Å². The first kappa shape index (κ1) is 12.1. The van der Waals surface area contributed by atoms with Crippen LogP contribution in [0.25, 0.3) is 0 Å². The van der Waals surface area contributed by atoms with Gasteiger partial charge in [0.25, 0.3) is 0 Å². The molecule has 0 radical (unpaired) electrons. The van der Waals surface area contributed by atoms with E-state index >= 15 is 0 Å². The summed E-state index contributed by atoms with van der Waals surface area (Å²) in [4.78, 5) is 3.73. The van der Waals surface area contributed by atoms with Gasteiger partial charge in [-0.1, -0.05) is 26.7 Å². The van der Waals surface area contributed by atoms with Crippen LogP contribution in [0.1, 0.15) is 38.3 Å². The van der Waals surface area contributed by atoms with Crippen LogP contribution in [0.5, 0.6) is 0 Å². The van der Waals surface area contributed by atoms with Gasteiger partial charge in [-0.15, -0.1) is 0 Å². The molecule has 0 aromatic carbocycles. The maximum Gasteiger partial charge on any atom is 0.146 e. The lowest BCUT2D eigenvalue weighted by Crippen LogP contribution is -2.33. The van der Waals surface area contributed by atoms with Gasteiger partial charge in [0.1, 0.15) is 5.82 Å². The minimum Gasteiger partial charge on any atom is -0.271 e. The lowest BCUT2D eigenvalue weighted by molar-refractivity contribution is 0.336. The van der Waals surface area contributed by atoms with E-state index in [2.05, 4.69) is 24.3 Å². The van der Waals surface area contributed by atoms with Gasteiger partial charge in [-0.3, -0.25) is 16.3 Å². The molecule has 1 unspecified atom stereocenters. The second kappa shape index (κ2) is 5.78. The molecule has 84 valence electrons. The van der Waals surface area contributed by atoms with Crippen LogP contribution in [-0.4, -0.2) is 4.98 Å². The molecule has 3 nitrogen and oxygen atoms in total. The monoisotopic (exact) mass is 211 g/mol. The lowest BCUT2D eigenvalue weighted by Gasteiger charge is -2.25. The average Bonchev–Trinajstić information content (AvgIpc) is 2.27. The van der Waals surface area contributed by atoms with Gasteiger partial charge < -0.3 is 0 Å². The third-order valence-electron chi connectivity index (χ3n) is 2.84. The summed E-state index contributed by atoms with van der Waals surface area (Å²) < 4.78 is 13.5. The number of pyridine rings is 1. The first-order valence-corrected chi connectivity index (χ1v) is 5.30. The van der Waals surface area contributed by atoms with Gasteiger partial charge in [-0.25, -0.2) is 4.39 Å². The zero-order valence-electron chi connectivity index (χ0n) is 9.20. The Morgan fingerprint density at radius 3 is 2.60 bits per heavy atom. The predicted octanol–water partition coefficient (Wildman–Crippen LogP) is 2.16. The van der Waals surface area contributed by atoms with Crippen LogP contribution in [0.2, 0.25) is 0 Å². The lowest BCUT2D eigenvalue weighted by atomic mass is 9.89. The zero-order valence-corrected chi connectivity index (χ0v) is 9.20. The largest absolute Gasteiger partial charge is 0.271 e. The van der Waals surface area contributed by atoms with E-state index in [4.69, 9.17) is 5.84 Å². The number of hydrazine groups is 1. The van der Waals surface area contributed by atoms with Crippen LogP contribution in [0.15, 0.2) is 18.5 Å². The van der Waals surface area contributed by atoms with Gasteiger partial charge >= 0.3 is 0 Å². The van der Waals surface area contributed by atoms with Crippen LogP contribution in [0.4, 0.5) is 4.39 Å². The van der Waals surface area contributed by atoms with Crippen LogP contribution in [0, 0.1) is 11.7 Å². The van der Waals surface area contributed by atoms with Gasteiger partial charge in [0.2, 0.25) is 0 Å². The first-order chi connectivity index (χ1) is 7.24. The number of nitrogens with one attached hydrogen (secondary N) is 1. The Morgan fingerprint density at radius 2 is 2.13 bits per heavy atom. The van der Waals surface area contributed by atoms with Crippen molar-refractivity contribution in [3.05, 3.63) is 29.8 Å². The summed E-state index contributed by atoms with van der Waals surface area (Å²) in [6, 6.07) is 1.54. The second-order valence-electron chi connectivity index (χ2n) is 3.62. The molecule has 1 atom stereocenters. The molecule has 0 aliphatic rings. The third kappa shape index (κ3) is 2.73. The Balaban J connectivity index is 2.96. The molecule has 4 heteroatoms. The van der Waals surface area contributed by atoms with Crippen molar-refractivity contribution < 1.29 is 4.39 Å². The van der Waals surface area contributed by atoms with Crippen molar-refractivity contribution in [1.82, 2.24) is 10.4 Å². The van der Waals surface area contributed by atoms with E-state index in [9.17, 15) is 4.39 Å². The fraction of sp³-hybridized carbons (Fsp3) is 0.545. The summed E-state index contributed by atoms with van der Waals surface area (Å²) in [6.07, 6.45) is 4.74. The number of aromatic nitrogens is 1. The highest BCUT2D eigenvalue weighted by Crippen LogP contribution is 2.27. The summed E-state index contributed by atoms with van der Waals surface area (Å²) in [5.74, 6) is 5.53. The summed E-state index contributed by atoms with van der Waals surface area (Å²) in [7, 11) is 0. The van der Waals surface area contributed by atoms with Gasteiger partial charge in [0.15, 0.2) is 0 Å². The molecule has 0 saturated carbocycles. The standard InChI is InChI=1S/C11H18FN3/c1-3-8(4-2)11(15-13)9-5-6-14-7-10(9)12/h5-8,11,15H,3-4,13H2,1-2H3. The molecule has 1 heterocycles. The van der Waals surface area contributed by atoms with Gasteiger partial charge in [-0.2, -0.15) is 0 Å². The predicted molar refractivity (Wildman–Crippen MR) is 58.3 cm³/mol. The highest BCUT2D eigenvalue weighted by atomic mass is 19.1. The Morgan fingerprint density at radius 1 is 1.47 bits per heavy atom. The van der Waals surface area contributed by atoms with E-state index < -0.39 is 0 Å². The molecule has 0 fully saturated rings. The van der Waals surface area contributed by atoms with E-state index in [0.29, 0.717) is 11.5 Å². The Kier molecular flexibility index (Phi) is 4.65. The molecule has 15 heavy (non-hydrogen) atoms. The zero-order chi connectivity index (χ0) is 11.3. The average molecular weight is 211 g/mol. The van der Waals surface area contributed by atoms with E-state index in [1.54, 1.807) is 12.3 Å². The van der Waals surface area contributed by atoms with Crippen LogP contribution in [0.3, 0.4) is 0 Å². The minimum atomic E-state index is -0.299. The highest BCUT2D eigenvalue weighted by molar-refractivity contribution is 5.18. The summed E-state index contributed by atoms with van der Waals surface area (Å²) in [5.41, 5.74) is 3.29. The normalized spacial score (nSPS) is 13.1. The SMILES string of the molecule is CCC(CC)C(NN)c1ccncc1F. The van der Waals surface area contributed by atoms with Crippen LogP contribution >= 0.6 is 0 Å².